The first-order chi connectivity index (χ1) is 12.7. The Kier molecular flexibility index (Phi) is 6.66. The Morgan fingerprint density at radius 2 is 2.04 bits per heavy atom. The second-order valence-electron chi connectivity index (χ2n) is 6.92. The van der Waals surface area contributed by atoms with Crippen molar-refractivity contribution in [3.8, 4) is 11.4 Å². The molecular weight excluding hydrogens is 346 g/mol. The topological polar surface area (TPSA) is 72.7 Å². The van der Waals surface area contributed by atoms with Crippen LogP contribution in [0, 0.1) is 5.92 Å². The van der Waals surface area contributed by atoms with Crippen LogP contribution in [0.2, 0.25) is 0 Å². The van der Waals surface area contributed by atoms with Gasteiger partial charge in [0.25, 0.3) is 0 Å². The van der Waals surface area contributed by atoms with E-state index >= 15 is 0 Å². The molecule has 2 heterocycles. The van der Waals surface area contributed by atoms with Gasteiger partial charge in [-0.1, -0.05) is 38.5 Å². The lowest BCUT2D eigenvalue weighted by Gasteiger charge is -2.29. The molecule has 2 atom stereocenters. The number of pyridine rings is 1. The van der Waals surface area contributed by atoms with Crippen LogP contribution >= 0.6 is 11.8 Å². The number of thioether (sulfide) groups is 1. The third-order valence-electron chi connectivity index (χ3n) is 4.89. The molecule has 0 spiro atoms. The van der Waals surface area contributed by atoms with Crippen molar-refractivity contribution in [2.75, 3.05) is 5.75 Å². The first-order valence-electron chi connectivity index (χ1n) is 9.44. The number of carbonyl (C=O) groups excluding carboxylic acids is 1. The third-order valence-corrected chi connectivity index (χ3v) is 5.86. The van der Waals surface area contributed by atoms with Crippen molar-refractivity contribution >= 4 is 17.7 Å². The smallest absolute Gasteiger partial charge is 0.230 e. The lowest BCUT2D eigenvalue weighted by atomic mass is 9.86. The lowest BCUT2D eigenvalue weighted by Crippen LogP contribution is -2.41. The summed E-state index contributed by atoms with van der Waals surface area (Å²) >= 11 is 1.46. The molecule has 1 fully saturated rings. The van der Waals surface area contributed by atoms with Gasteiger partial charge < -0.3 is 9.88 Å². The minimum Gasteiger partial charge on any atom is -0.352 e. The van der Waals surface area contributed by atoms with Gasteiger partial charge in [0.05, 0.1) is 5.75 Å². The molecule has 1 amide bonds. The Balaban J connectivity index is 1.64. The molecule has 0 aromatic carbocycles. The highest BCUT2D eigenvalue weighted by Gasteiger charge is 2.23. The van der Waals surface area contributed by atoms with E-state index < -0.39 is 0 Å². The first kappa shape index (κ1) is 18.9. The molecule has 26 heavy (non-hydrogen) atoms. The van der Waals surface area contributed by atoms with Crippen LogP contribution in [0.3, 0.4) is 0 Å². The molecule has 140 valence electrons. The fraction of sp³-hybridized carbons (Fsp3) is 0.579. The Bertz CT molecular complexity index is 718. The van der Waals surface area contributed by atoms with Crippen LogP contribution in [0.1, 0.15) is 46.0 Å². The number of hydrogen-bond donors (Lipinski definition) is 1. The zero-order valence-electron chi connectivity index (χ0n) is 15.5. The molecule has 0 saturated heterocycles. The second kappa shape index (κ2) is 9.16. The summed E-state index contributed by atoms with van der Waals surface area (Å²) in [6.45, 7) is 5.19. The molecule has 0 unspecified atom stereocenters. The van der Waals surface area contributed by atoms with E-state index in [9.17, 15) is 4.79 Å². The summed E-state index contributed by atoms with van der Waals surface area (Å²) < 4.78 is 2.09. The third kappa shape index (κ3) is 4.63. The summed E-state index contributed by atoms with van der Waals surface area (Å²) in [4.78, 5) is 16.4. The number of rotatable bonds is 7. The van der Waals surface area contributed by atoms with Gasteiger partial charge >= 0.3 is 0 Å². The Morgan fingerprint density at radius 3 is 2.77 bits per heavy atom. The summed E-state index contributed by atoms with van der Waals surface area (Å²) in [6.07, 6.45) is 9.28. The van der Waals surface area contributed by atoms with Gasteiger partial charge in [-0.15, -0.1) is 10.2 Å². The molecule has 1 N–H and O–H groups in total. The van der Waals surface area contributed by atoms with E-state index in [1.807, 2.05) is 12.1 Å². The second-order valence-corrected chi connectivity index (χ2v) is 7.86. The molecule has 0 bridgehead atoms. The van der Waals surface area contributed by atoms with E-state index in [0.717, 1.165) is 35.9 Å². The van der Waals surface area contributed by atoms with Crippen molar-refractivity contribution in [1.29, 1.82) is 0 Å². The summed E-state index contributed by atoms with van der Waals surface area (Å²) in [5, 5.41) is 12.7. The van der Waals surface area contributed by atoms with Crippen LogP contribution in [0.25, 0.3) is 11.4 Å². The van der Waals surface area contributed by atoms with E-state index in [-0.39, 0.29) is 5.91 Å². The Morgan fingerprint density at radius 1 is 1.27 bits per heavy atom. The SMILES string of the molecule is CCCn1c(SCC(=O)N[C@@H]2CCCC[C@H]2C)nnc1-c1ccncc1. The number of nitrogens with zero attached hydrogens (tertiary/aromatic N) is 4. The van der Waals surface area contributed by atoms with Gasteiger partial charge in [0, 0.05) is 30.5 Å². The highest BCUT2D eigenvalue weighted by molar-refractivity contribution is 7.99. The zero-order valence-corrected chi connectivity index (χ0v) is 16.3. The Hall–Kier alpha value is -1.89. The molecule has 0 aliphatic heterocycles. The van der Waals surface area contributed by atoms with E-state index in [0.29, 0.717) is 17.7 Å². The predicted molar refractivity (Wildman–Crippen MR) is 104 cm³/mol. The fourth-order valence-electron chi connectivity index (χ4n) is 3.44. The maximum atomic E-state index is 12.4. The standard InChI is InChI=1S/C19H27N5OS/c1-3-12-24-18(15-8-10-20-11-9-15)22-23-19(24)26-13-17(25)21-16-7-5-4-6-14(16)2/h8-11,14,16H,3-7,12-13H2,1-2H3,(H,21,25)/t14-,16-/m1/s1. The van der Waals surface area contributed by atoms with Crippen molar-refractivity contribution in [2.24, 2.45) is 5.92 Å². The quantitative estimate of drug-likeness (QED) is 0.752. The molecule has 1 aliphatic rings. The molecule has 0 radical (unpaired) electrons. The van der Waals surface area contributed by atoms with E-state index in [4.69, 9.17) is 0 Å². The normalized spacial score (nSPS) is 20.1. The highest BCUT2D eigenvalue weighted by atomic mass is 32.2. The van der Waals surface area contributed by atoms with Crippen LogP contribution in [-0.2, 0) is 11.3 Å². The van der Waals surface area contributed by atoms with Crippen molar-refractivity contribution < 1.29 is 4.79 Å². The lowest BCUT2D eigenvalue weighted by molar-refractivity contribution is -0.119. The maximum Gasteiger partial charge on any atom is 0.230 e. The fourth-order valence-corrected chi connectivity index (χ4v) is 4.22. The number of hydrogen-bond acceptors (Lipinski definition) is 5. The van der Waals surface area contributed by atoms with Crippen LogP contribution in [0.4, 0.5) is 0 Å². The summed E-state index contributed by atoms with van der Waals surface area (Å²) in [7, 11) is 0. The minimum absolute atomic E-state index is 0.0882. The maximum absolute atomic E-state index is 12.4. The summed E-state index contributed by atoms with van der Waals surface area (Å²) in [6, 6.07) is 4.18. The van der Waals surface area contributed by atoms with E-state index in [2.05, 4.69) is 38.9 Å². The summed E-state index contributed by atoms with van der Waals surface area (Å²) in [5.74, 6) is 1.87. The van der Waals surface area contributed by atoms with Gasteiger partial charge in [0.1, 0.15) is 0 Å². The van der Waals surface area contributed by atoms with Crippen molar-refractivity contribution in [3.63, 3.8) is 0 Å². The van der Waals surface area contributed by atoms with E-state index in [1.54, 1.807) is 12.4 Å². The van der Waals surface area contributed by atoms with Gasteiger partial charge in [-0.05, 0) is 37.3 Å². The minimum atomic E-state index is 0.0882. The average Bonchev–Trinajstić information content (AvgIpc) is 3.06. The van der Waals surface area contributed by atoms with Crippen LogP contribution in [0.15, 0.2) is 29.7 Å². The largest absolute Gasteiger partial charge is 0.352 e. The average molecular weight is 374 g/mol. The molecule has 2 aromatic heterocycles. The zero-order chi connectivity index (χ0) is 18.4. The van der Waals surface area contributed by atoms with Gasteiger partial charge in [-0.3, -0.25) is 9.78 Å². The number of nitrogens with one attached hydrogen (secondary N) is 1. The van der Waals surface area contributed by atoms with Gasteiger partial charge in [0.15, 0.2) is 11.0 Å². The molecule has 1 aliphatic carbocycles. The molecule has 6 nitrogen and oxygen atoms in total. The van der Waals surface area contributed by atoms with Crippen LogP contribution < -0.4 is 5.32 Å². The van der Waals surface area contributed by atoms with Crippen LogP contribution in [0.5, 0.6) is 0 Å². The van der Waals surface area contributed by atoms with Gasteiger partial charge in [-0.25, -0.2) is 0 Å². The number of amides is 1. The van der Waals surface area contributed by atoms with Gasteiger partial charge in [-0.2, -0.15) is 0 Å². The van der Waals surface area contributed by atoms with Gasteiger partial charge in [0.2, 0.25) is 5.91 Å². The van der Waals surface area contributed by atoms with Crippen molar-refractivity contribution in [2.45, 2.75) is 63.7 Å². The molecule has 1 saturated carbocycles. The first-order valence-corrected chi connectivity index (χ1v) is 10.4. The van der Waals surface area contributed by atoms with Crippen LogP contribution in [-0.4, -0.2) is 37.5 Å². The van der Waals surface area contributed by atoms with Crippen molar-refractivity contribution in [1.82, 2.24) is 25.1 Å². The monoisotopic (exact) mass is 373 g/mol. The molecule has 7 heteroatoms. The van der Waals surface area contributed by atoms with E-state index in [1.165, 1.54) is 31.0 Å². The Labute approximate surface area is 159 Å². The molecule has 2 aromatic rings. The number of aromatic nitrogens is 4. The number of carbonyl (C=O) groups is 1. The summed E-state index contributed by atoms with van der Waals surface area (Å²) in [5.41, 5.74) is 0.994. The highest BCUT2D eigenvalue weighted by Crippen LogP contribution is 2.25. The predicted octanol–water partition coefficient (Wildman–Crippen LogP) is 3.54. The molecular formula is C19H27N5OS. The van der Waals surface area contributed by atoms with Crippen molar-refractivity contribution in [3.05, 3.63) is 24.5 Å². The molecule has 3 rings (SSSR count).